The third kappa shape index (κ3) is 6.19. The van der Waals surface area contributed by atoms with Gasteiger partial charge in [-0.15, -0.1) is 11.3 Å². The zero-order valence-electron chi connectivity index (χ0n) is 14.6. The third-order valence-corrected chi connectivity index (χ3v) is 4.85. The molecule has 0 spiro atoms. The lowest BCUT2D eigenvalue weighted by molar-refractivity contribution is -0.384. The number of nitrogens with zero attached hydrogens (tertiary/aromatic N) is 2. The predicted octanol–water partition coefficient (Wildman–Crippen LogP) is 3.49. The topological polar surface area (TPSA) is 92.6 Å². The fourth-order valence-electron chi connectivity index (χ4n) is 2.22. The van der Waals surface area contributed by atoms with E-state index in [4.69, 9.17) is 11.6 Å². The van der Waals surface area contributed by atoms with Crippen molar-refractivity contribution in [1.29, 1.82) is 0 Å². The second-order valence-electron chi connectivity index (χ2n) is 5.51. The fraction of sp³-hybridized carbons (Fsp3) is 0.222. The van der Waals surface area contributed by atoms with E-state index >= 15 is 0 Å². The monoisotopic (exact) mass is 407 g/mol. The van der Waals surface area contributed by atoms with E-state index in [9.17, 15) is 19.7 Å². The van der Waals surface area contributed by atoms with Crippen molar-refractivity contribution in [2.45, 2.75) is 13.5 Å². The molecule has 0 atom stereocenters. The summed E-state index contributed by atoms with van der Waals surface area (Å²) in [6, 6.07) is 8.08. The first-order valence-electron chi connectivity index (χ1n) is 8.10. The van der Waals surface area contributed by atoms with Crippen LogP contribution in [0.25, 0.3) is 6.08 Å². The number of benzene rings is 1. The molecule has 9 heteroatoms. The molecule has 0 radical (unpaired) electrons. The molecule has 0 saturated heterocycles. The zero-order chi connectivity index (χ0) is 19.8. The van der Waals surface area contributed by atoms with Crippen LogP contribution in [-0.4, -0.2) is 34.7 Å². The summed E-state index contributed by atoms with van der Waals surface area (Å²) < 4.78 is 0. The lowest BCUT2D eigenvalue weighted by atomic mass is 10.2. The van der Waals surface area contributed by atoms with Gasteiger partial charge in [-0.2, -0.15) is 0 Å². The number of halogens is 1. The summed E-state index contributed by atoms with van der Waals surface area (Å²) in [5, 5.41) is 15.6. The van der Waals surface area contributed by atoms with Crippen LogP contribution in [0.4, 0.5) is 5.69 Å². The van der Waals surface area contributed by atoms with Crippen LogP contribution in [-0.2, 0) is 16.1 Å². The molecule has 1 heterocycles. The van der Waals surface area contributed by atoms with E-state index in [0.717, 1.165) is 4.88 Å². The van der Waals surface area contributed by atoms with Crippen molar-refractivity contribution in [3.63, 3.8) is 0 Å². The maximum Gasteiger partial charge on any atom is 0.288 e. The lowest BCUT2D eigenvalue weighted by Crippen LogP contribution is -2.39. The van der Waals surface area contributed by atoms with Gasteiger partial charge in [0.05, 0.1) is 18.0 Å². The Morgan fingerprint density at radius 3 is 2.78 bits per heavy atom. The number of likely N-dealkylation sites (N-methyl/N-ethyl adjacent to an activating group) is 1. The van der Waals surface area contributed by atoms with Crippen molar-refractivity contribution in [3.05, 3.63) is 67.4 Å². The molecular formula is C18H18ClN3O4S. The van der Waals surface area contributed by atoms with E-state index in [1.165, 1.54) is 29.2 Å². The standard InChI is InChI=1S/C18H18ClN3O4S/c1-2-21(12-17(23)20-11-14-4-3-9-27-14)18(24)8-6-13-5-7-15(19)16(10-13)22(25)26/h3-10H,2,11-12H2,1H3,(H,20,23). The van der Waals surface area contributed by atoms with E-state index < -0.39 is 4.92 Å². The Kier molecular flexibility index (Phi) is 7.51. The van der Waals surface area contributed by atoms with Crippen LogP contribution < -0.4 is 5.32 Å². The number of amides is 2. The molecule has 1 aromatic carbocycles. The summed E-state index contributed by atoms with van der Waals surface area (Å²) in [4.78, 5) is 37.1. The van der Waals surface area contributed by atoms with Crippen LogP contribution in [0.3, 0.4) is 0 Å². The molecule has 27 heavy (non-hydrogen) atoms. The average molecular weight is 408 g/mol. The van der Waals surface area contributed by atoms with E-state index in [2.05, 4.69) is 5.32 Å². The Bertz CT molecular complexity index is 852. The number of nitro groups is 1. The molecule has 142 valence electrons. The maximum atomic E-state index is 12.3. The molecule has 0 fully saturated rings. The van der Waals surface area contributed by atoms with Crippen molar-refractivity contribution >= 4 is 46.5 Å². The summed E-state index contributed by atoms with van der Waals surface area (Å²) in [5.41, 5.74) is 0.240. The van der Waals surface area contributed by atoms with Gasteiger partial charge in [-0.3, -0.25) is 19.7 Å². The number of nitro benzene ring substituents is 1. The molecule has 2 amide bonds. The van der Waals surface area contributed by atoms with Crippen molar-refractivity contribution in [1.82, 2.24) is 10.2 Å². The molecule has 2 aromatic rings. The number of carbonyl (C=O) groups is 2. The average Bonchev–Trinajstić information content (AvgIpc) is 3.16. The minimum atomic E-state index is -0.586. The number of hydrogen-bond acceptors (Lipinski definition) is 5. The summed E-state index contributed by atoms with van der Waals surface area (Å²) in [6.45, 7) is 2.49. The molecule has 0 unspecified atom stereocenters. The van der Waals surface area contributed by atoms with Crippen LogP contribution in [0.15, 0.2) is 41.8 Å². The Morgan fingerprint density at radius 2 is 2.15 bits per heavy atom. The molecule has 0 aliphatic heterocycles. The summed E-state index contributed by atoms with van der Waals surface area (Å²) >= 11 is 7.31. The van der Waals surface area contributed by atoms with Crippen molar-refractivity contribution in [2.24, 2.45) is 0 Å². The van der Waals surface area contributed by atoms with Gasteiger partial charge in [0, 0.05) is 23.6 Å². The smallest absolute Gasteiger partial charge is 0.288 e. The van der Waals surface area contributed by atoms with E-state index in [-0.39, 0.29) is 29.1 Å². The minimum Gasteiger partial charge on any atom is -0.350 e. The number of carbonyl (C=O) groups excluding carboxylic acids is 2. The highest BCUT2D eigenvalue weighted by Crippen LogP contribution is 2.25. The van der Waals surface area contributed by atoms with Crippen molar-refractivity contribution in [2.75, 3.05) is 13.1 Å². The molecule has 0 saturated carbocycles. The third-order valence-electron chi connectivity index (χ3n) is 3.65. The Hall–Kier alpha value is -2.71. The van der Waals surface area contributed by atoms with Crippen LogP contribution in [0.5, 0.6) is 0 Å². The van der Waals surface area contributed by atoms with Gasteiger partial charge < -0.3 is 10.2 Å². The normalized spacial score (nSPS) is 10.7. The minimum absolute atomic E-state index is 0.0288. The molecule has 1 N–H and O–H groups in total. The maximum absolute atomic E-state index is 12.3. The Balaban J connectivity index is 1.95. The highest BCUT2D eigenvalue weighted by Gasteiger charge is 2.14. The van der Waals surface area contributed by atoms with Gasteiger partial charge in [0.15, 0.2) is 0 Å². The fourth-order valence-corrected chi connectivity index (χ4v) is 3.05. The van der Waals surface area contributed by atoms with Gasteiger partial charge in [0.1, 0.15) is 5.02 Å². The summed E-state index contributed by atoms with van der Waals surface area (Å²) in [7, 11) is 0. The van der Waals surface area contributed by atoms with Gasteiger partial charge in [0.2, 0.25) is 11.8 Å². The highest BCUT2D eigenvalue weighted by molar-refractivity contribution is 7.09. The highest BCUT2D eigenvalue weighted by atomic mass is 35.5. The SMILES string of the molecule is CCN(CC(=O)NCc1cccs1)C(=O)C=Cc1ccc(Cl)c([N+](=O)[O-])c1. The van der Waals surface area contributed by atoms with Gasteiger partial charge in [-0.1, -0.05) is 23.7 Å². The van der Waals surface area contributed by atoms with Crippen molar-refractivity contribution in [3.8, 4) is 0 Å². The second kappa shape index (κ2) is 9.84. The molecule has 0 aliphatic rings. The Morgan fingerprint density at radius 1 is 1.37 bits per heavy atom. The van der Waals surface area contributed by atoms with Gasteiger partial charge in [0.25, 0.3) is 5.69 Å². The molecule has 0 bridgehead atoms. The second-order valence-corrected chi connectivity index (χ2v) is 6.95. The van der Waals surface area contributed by atoms with E-state index in [1.807, 2.05) is 17.5 Å². The zero-order valence-corrected chi connectivity index (χ0v) is 16.1. The van der Waals surface area contributed by atoms with Gasteiger partial charge in [-0.05, 0) is 36.1 Å². The quantitative estimate of drug-likeness (QED) is 0.412. The summed E-state index contributed by atoms with van der Waals surface area (Å²) in [6.07, 6.45) is 2.74. The van der Waals surface area contributed by atoms with Crippen LogP contribution >= 0.6 is 22.9 Å². The molecular weight excluding hydrogens is 390 g/mol. The van der Waals surface area contributed by atoms with E-state index in [1.54, 1.807) is 24.3 Å². The van der Waals surface area contributed by atoms with E-state index in [0.29, 0.717) is 18.7 Å². The first-order chi connectivity index (χ1) is 12.9. The van der Waals surface area contributed by atoms with Gasteiger partial charge in [-0.25, -0.2) is 0 Å². The number of hydrogen-bond donors (Lipinski definition) is 1. The molecule has 1 aromatic heterocycles. The number of rotatable bonds is 8. The molecule has 7 nitrogen and oxygen atoms in total. The van der Waals surface area contributed by atoms with Crippen LogP contribution in [0.2, 0.25) is 5.02 Å². The van der Waals surface area contributed by atoms with Crippen molar-refractivity contribution < 1.29 is 14.5 Å². The van der Waals surface area contributed by atoms with Crippen LogP contribution in [0, 0.1) is 10.1 Å². The first kappa shape index (κ1) is 20.6. The molecule has 2 rings (SSSR count). The Labute approximate surface area is 165 Å². The summed E-state index contributed by atoms with van der Waals surface area (Å²) in [5.74, 6) is -0.615. The van der Waals surface area contributed by atoms with Crippen LogP contribution in [0.1, 0.15) is 17.4 Å². The number of nitrogens with one attached hydrogen (secondary N) is 1. The number of thiophene rings is 1. The largest absolute Gasteiger partial charge is 0.350 e. The molecule has 0 aliphatic carbocycles. The first-order valence-corrected chi connectivity index (χ1v) is 9.36. The van der Waals surface area contributed by atoms with Gasteiger partial charge >= 0.3 is 0 Å². The lowest BCUT2D eigenvalue weighted by Gasteiger charge is -2.18. The predicted molar refractivity (Wildman–Crippen MR) is 106 cm³/mol.